The first-order chi connectivity index (χ1) is 10.1. The van der Waals surface area contributed by atoms with E-state index in [1.807, 2.05) is 24.3 Å². The largest absolute Gasteiger partial charge is 0.480 e. The number of carboxylic acids is 1. The Kier molecular flexibility index (Phi) is 3.68. The monoisotopic (exact) mass is 288 g/mol. The maximum Gasteiger partial charge on any atom is 0.326 e. The Morgan fingerprint density at radius 3 is 2.52 bits per heavy atom. The highest BCUT2D eigenvalue weighted by Gasteiger charge is 2.39. The van der Waals surface area contributed by atoms with Gasteiger partial charge in [-0.3, -0.25) is 4.79 Å². The summed E-state index contributed by atoms with van der Waals surface area (Å²) in [5.41, 5.74) is 7.95. The Morgan fingerprint density at radius 1 is 1.19 bits per heavy atom. The number of fused-ring (bicyclic) bond motifs is 1. The number of hydrogen-bond acceptors (Lipinski definition) is 3. The normalized spacial score (nSPS) is 28.2. The van der Waals surface area contributed by atoms with Crippen LogP contribution in [0, 0.1) is 5.92 Å². The van der Waals surface area contributed by atoms with E-state index in [4.69, 9.17) is 5.73 Å². The molecule has 1 heterocycles. The lowest BCUT2D eigenvalue weighted by molar-refractivity contribution is -0.153. The molecule has 5 nitrogen and oxygen atoms in total. The average Bonchev–Trinajstić information content (AvgIpc) is 2.91. The van der Waals surface area contributed by atoms with Gasteiger partial charge >= 0.3 is 5.97 Å². The fourth-order valence-corrected chi connectivity index (χ4v) is 3.45. The summed E-state index contributed by atoms with van der Waals surface area (Å²) in [4.78, 5) is 25.8. The van der Waals surface area contributed by atoms with E-state index in [0.29, 0.717) is 19.4 Å². The van der Waals surface area contributed by atoms with E-state index in [1.54, 1.807) is 0 Å². The number of amides is 1. The fourth-order valence-electron chi connectivity index (χ4n) is 3.45. The second-order valence-electron chi connectivity index (χ2n) is 6.06. The molecule has 2 aliphatic rings. The van der Waals surface area contributed by atoms with Crippen LogP contribution >= 0.6 is 0 Å². The molecule has 3 N–H and O–H groups in total. The van der Waals surface area contributed by atoms with E-state index < -0.39 is 12.0 Å². The Morgan fingerprint density at radius 2 is 1.90 bits per heavy atom. The van der Waals surface area contributed by atoms with Gasteiger partial charge in [0, 0.05) is 24.9 Å². The molecule has 0 aromatic heterocycles. The van der Waals surface area contributed by atoms with Crippen LogP contribution < -0.4 is 5.73 Å². The molecule has 3 atom stereocenters. The van der Waals surface area contributed by atoms with E-state index in [-0.39, 0.29) is 17.9 Å². The van der Waals surface area contributed by atoms with Gasteiger partial charge in [-0.2, -0.15) is 0 Å². The molecule has 1 aromatic carbocycles. The van der Waals surface area contributed by atoms with Crippen molar-refractivity contribution in [1.82, 2.24) is 4.90 Å². The minimum absolute atomic E-state index is 0.0511. The number of carbonyl (C=O) groups excluding carboxylic acids is 1. The Bertz CT molecular complexity index is 572. The smallest absolute Gasteiger partial charge is 0.326 e. The van der Waals surface area contributed by atoms with Gasteiger partial charge < -0.3 is 15.7 Å². The van der Waals surface area contributed by atoms with Gasteiger partial charge in [0.1, 0.15) is 6.04 Å². The molecule has 0 bridgehead atoms. The number of nitrogens with zero attached hydrogens (tertiary/aromatic N) is 1. The van der Waals surface area contributed by atoms with Gasteiger partial charge in [-0.1, -0.05) is 24.3 Å². The first-order valence-electron chi connectivity index (χ1n) is 7.42. The topological polar surface area (TPSA) is 83.6 Å². The molecule has 5 heteroatoms. The van der Waals surface area contributed by atoms with Gasteiger partial charge in [0.25, 0.3) is 0 Å². The molecule has 1 amide bonds. The van der Waals surface area contributed by atoms with Crippen LogP contribution in [0.25, 0.3) is 0 Å². The minimum atomic E-state index is -0.930. The Labute approximate surface area is 123 Å². The first-order valence-corrected chi connectivity index (χ1v) is 7.42. The third-order valence-electron chi connectivity index (χ3n) is 4.64. The number of carbonyl (C=O) groups is 2. The molecule has 0 spiro atoms. The lowest BCUT2D eigenvalue weighted by Crippen LogP contribution is -2.50. The van der Waals surface area contributed by atoms with Crippen molar-refractivity contribution in [1.29, 1.82) is 0 Å². The van der Waals surface area contributed by atoms with Crippen molar-refractivity contribution in [3.63, 3.8) is 0 Å². The maximum absolute atomic E-state index is 12.7. The summed E-state index contributed by atoms with van der Waals surface area (Å²) < 4.78 is 0. The highest BCUT2D eigenvalue weighted by molar-refractivity contribution is 5.86. The molecule has 0 radical (unpaired) electrons. The van der Waals surface area contributed by atoms with Crippen molar-refractivity contribution in [3.05, 3.63) is 35.4 Å². The van der Waals surface area contributed by atoms with E-state index in [0.717, 1.165) is 24.0 Å². The van der Waals surface area contributed by atoms with Crippen molar-refractivity contribution in [2.45, 2.75) is 44.3 Å². The Hall–Kier alpha value is -1.88. The SMILES string of the molecule is NC1CCC(C(=O)N2Cc3ccccc3C[C@@H]2C(=O)O)C1. The molecule has 0 saturated heterocycles. The second kappa shape index (κ2) is 5.48. The van der Waals surface area contributed by atoms with Gasteiger partial charge in [0.05, 0.1) is 0 Å². The van der Waals surface area contributed by atoms with Crippen LogP contribution in [0.15, 0.2) is 24.3 Å². The highest BCUT2D eigenvalue weighted by Crippen LogP contribution is 2.30. The van der Waals surface area contributed by atoms with Crippen molar-refractivity contribution in [2.24, 2.45) is 11.7 Å². The van der Waals surface area contributed by atoms with Crippen LogP contribution in [0.4, 0.5) is 0 Å². The molecule has 1 aliphatic carbocycles. The zero-order valence-corrected chi connectivity index (χ0v) is 11.9. The standard InChI is InChI=1S/C16H20N2O3/c17-13-6-5-11(7-13)15(19)18-9-12-4-2-1-3-10(12)8-14(18)16(20)21/h1-4,11,13-14H,5-9,17H2,(H,20,21)/t11?,13?,14-/m1/s1. The summed E-state index contributed by atoms with van der Waals surface area (Å²) in [5.74, 6) is -1.10. The minimum Gasteiger partial charge on any atom is -0.480 e. The molecule has 1 fully saturated rings. The second-order valence-corrected chi connectivity index (χ2v) is 6.06. The molecule has 1 aliphatic heterocycles. The van der Waals surface area contributed by atoms with Crippen molar-refractivity contribution in [3.8, 4) is 0 Å². The molecule has 2 unspecified atom stereocenters. The summed E-state index contributed by atoms with van der Waals surface area (Å²) in [6, 6.07) is 7.05. The number of rotatable bonds is 2. The van der Waals surface area contributed by atoms with E-state index >= 15 is 0 Å². The van der Waals surface area contributed by atoms with E-state index in [2.05, 4.69) is 0 Å². The van der Waals surface area contributed by atoms with Crippen molar-refractivity contribution >= 4 is 11.9 Å². The molecule has 1 aromatic rings. The third kappa shape index (κ3) is 2.65. The fraction of sp³-hybridized carbons (Fsp3) is 0.500. The summed E-state index contributed by atoms with van der Waals surface area (Å²) in [5, 5.41) is 9.46. The number of nitrogens with two attached hydrogens (primary N) is 1. The van der Waals surface area contributed by atoms with E-state index in [9.17, 15) is 14.7 Å². The molecule has 3 rings (SSSR count). The van der Waals surface area contributed by atoms with Crippen LogP contribution in [0.3, 0.4) is 0 Å². The highest BCUT2D eigenvalue weighted by atomic mass is 16.4. The molecular weight excluding hydrogens is 268 g/mol. The number of aliphatic carboxylic acids is 1. The van der Waals surface area contributed by atoms with Gasteiger partial charge in [0.2, 0.25) is 5.91 Å². The maximum atomic E-state index is 12.7. The van der Waals surface area contributed by atoms with Gasteiger partial charge in [-0.25, -0.2) is 4.79 Å². The van der Waals surface area contributed by atoms with Crippen LogP contribution in [0.2, 0.25) is 0 Å². The summed E-state index contributed by atoms with van der Waals surface area (Å²) in [6.07, 6.45) is 2.67. The molecule has 1 saturated carbocycles. The molecule has 112 valence electrons. The summed E-state index contributed by atoms with van der Waals surface area (Å²) >= 11 is 0. The van der Waals surface area contributed by atoms with Crippen molar-refractivity contribution in [2.75, 3.05) is 0 Å². The zero-order valence-electron chi connectivity index (χ0n) is 11.9. The van der Waals surface area contributed by atoms with Crippen LogP contribution in [0.5, 0.6) is 0 Å². The van der Waals surface area contributed by atoms with Crippen molar-refractivity contribution < 1.29 is 14.7 Å². The Balaban J connectivity index is 1.85. The van der Waals surface area contributed by atoms with E-state index in [1.165, 1.54) is 4.90 Å². The lowest BCUT2D eigenvalue weighted by atomic mass is 9.92. The lowest BCUT2D eigenvalue weighted by Gasteiger charge is -2.36. The third-order valence-corrected chi connectivity index (χ3v) is 4.64. The average molecular weight is 288 g/mol. The number of carboxylic acid groups (broad SMARTS) is 1. The van der Waals surface area contributed by atoms with Gasteiger partial charge in [-0.15, -0.1) is 0 Å². The predicted molar refractivity (Wildman–Crippen MR) is 77.4 cm³/mol. The molecular formula is C16H20N2O3. The van der Waals surface area contributed by atoms with Crippen LogP contribution in [-0.4, -0.2) is 34.0 Å². The van der Waals surface area contributed by atoms with Crippen LogP contribution in [0.1, 0.15) is 30.4 Å². The first kappa shape index (κ1) is 14.1. The van der Waals surface area contributed by atoms with Crippen LogP contribution in [-0.2, 0) is 22.6 Å². The zero-order chi connectivity index (χ0) is 15.0. The summed E-state index contributed by atoms with van der Waals surface area (Å²) in [7, 11) is 0. The predicted octanol–water partition coefficient (Wildman–Crippen LogP) is 1.15. The quantitative estimate of drug-likeness (QED) is 0.855. The number of benzene rings is 1. The summed E-state index contributed by atoms with van der Waals surface area (Å²) in [6.45, 7) is 0.387. The number of hydrogen-bond donors (Lipinski definition) is 2. The van der Waals surface area contributed by atoms with Gasteiger partial charge in [0.15, 0.2) is 0 Å². The van der Waals surface area contributed by atoms with Gasteiger partial charge in [-0.05, 0) is 30.4 Å². The molecule has 21 heavy (non-hydrogen) atoms.